The Bertz CT molecular complexity index is 1440. The van der Waals surface area contributed by atoms with Crippen LogP contribution in [0.3, 0.4) is 0 Å². The molecule has 4 rings (SSSR count). The Morgan fingerprint density at radius 2 is 1.52 bits per heavy atom. The Morgan fingerprint density at radius 1 is 0.909 bits per heavy atom. The van der Waals surface area contributed by atoms with Crippen molar-refractivity contribution in [3.63, 3.8) is 0 Å². The predicted molar refractivity (Wildman–Crippen MR) is 125 cm³/mol. The molecule has 0 aromatic heterocycles. The standard InChI is InChI=1S/C23H17NS.CHF3O3S/c24-15-17-10-8-16(9-11-17)12-13-18-5-3-6-20-14-19-4-1-2-7-21(19)23(25)22(18)20;2-1(3,4)8(5,6)7/h1-11,14,25H,12-13H2;(H,5,6,7). The first-order valence-electron chi connectivity index (χ1n) is 9.66. The van der Waals surface area contributed by atoms with Crippen LogP contribution in [0.2, 0.25) is 0 Å². The Kier molecular flexibility index (Phi) is 7.32. The van der Waals surface area contributed by atoms with Crippen molar-refractivity contribution in [1.29, 1.82) is 5.26 Å². The lowest BCUT2D eigenvalue weighted by atomic mass is 9.95. The van der Waals surface area contributed by atoms with Crippen LogP contribution in [0.5, 0.6) is 0 Å². The van der Waals surface area contributed by atoms with Crippen LogP contribution in [0.25, 0.3) is 21.5 Å². The molecule has 0 saturated heterocycles. The first-order chi connectivity index (χ1) is 15.5. The van der Waals surface area contributed by atoms with Crippen molar-refractivity contribution in [3.05, 3.63) is 89.5 Å². The molecule has 0 bridgehead atoms. The zero-order valence-corrected chi connectivity index (χ0v) is 18.8. The van der Waals surface area contributed by atoms with E-state index in [1.807, 2.05) is 24.3 Å². The molecular formula is C24H18F3NO3S2. The molecule has 0 saturated carbocycles. The number of rotatable bonds is 3. The van der Waals surface area contributed by atoms with Gasteiger partial charge in [0.25, 0.3) is 0 Å². The number of aryl methyl sites for hydroxylation is 2. The molecule has 0 radical (unpaired) electrons. The highest BCUT2D eigenvalue weighted by atomic mass is 32.2. The van der Waals surface area contributed by atoms with Crippen LogP contribution < -0.4 is 0 Å². The number of hydrogen-bond donors (Lipinski definition) is 2. The summed E-state index contributed by atoms with van der Waals surface area (Å²) in [6.45, 7) is 0. The summed E-state index contributed by atoms with van der Waals surface area (Å²) in [5.74, 6) is 0. The van der Waals surface area contributed by atoms with E-state index in [-0.39, 0.29) is 0 Å². The number of alkyl halides is 3. The van der Waals surface area contributed by atoms with Crippen LogP contribution in [-0.4, -0.2) is 18.5 Å². The lowest BCUT2D eigenvalue weighted by Crippen LogP contribution is -2.21. The molecule has 4 aromatic carbocycles. The third-order valence-electron chi connectivity index (χ3n) is 5.01. The smallest absolute Gasteiger partial charge is 0.279 e. The molecule has 0 aliphatic rings. The number of thiol groups is 1. The van der Waals surface area contributed by atoms with Gasteiger partial charge in [-0.2, -0.15) is 26.9 Å². The van der Waals surface area contributed by atoms with Gasteiger partial charge in [0.15, 0.2) is 0 Å². The van der Waals surface area contributed by atoms with Gasteiger partial charge in [-0.05, 0) is 63.7 Å². The summed E-state index contributed by atoms with van der Waals surface area (Å²) in [6, 6.07) is 27.1. The summed E-state index contributed by atoms with van der Waals surface area (Å²) in [7, 11) is -5.84. The molecule has 0 amide bonds. The highest BCUT2D eigenvalue weighted by molar-refractivity contribution is 7.86. The van der Waals surface area contributed by atoms with Crippen molar-refractivity contribution >= 4 is 44.3 Å². The molecule has 0 fully saturated rings. The van der Waals surface area contributed by atoms with Crippen LogP contribution in [0.1, 0.15) is 16.7 Å². The molecule has 1 N–H and O–H groups in total. The second-order valence-electron chi connectivity index (χ2n) is 7.19. The number of hydrogen-bond acceptors (Lipinski definition) is 4. The van der Waals surface area contributed by atoms with Crippen LogP contribution in [-0.2, 0) is 23.0 Å². The maximum atomic E-state index is 10.7. The summed E-state index contributed by atoms with van der Waals surface area (Å²) in [4.78, 5) is 1.06. The summed E-state index contributed by atoms with van der Waals surface area (Å²) in [5.41, 5.74) is -2.26. The van der Waals surface area contributed by atoms with E-state index in [0.29, 0.717) is 5.56 Å². The molecule has 0 heterocycles. The maximum absolute atomic E-state index is 10.7. The molecule has 170 valence electrons. The molecular weight excluding hydrogens is 471 g/mol. The fourth-order valence-electron chi connectivity index (χ4n) is 3.40. The normalized spacial score (nSPS) is 11.6. The fraction of sp³-hybridized carbons (Fsp3) is 0.125. The van der Waals surface area contributed by atoms with E-state index in [9.17, 15) is 13.2 Å². The monoisotopic (exact) mass is 489 g/mol. The largest absolute Gasteiger partial charge is 0.522 e. The van der Waals surface area contributed by atoms with Crippen molar-refractivity contribution in [3.8, 4) is 6.07 Å². The minimum atomic E-state index is -5.84. The summed E-state index contributed by atoms with van der Waals surface area (Å²) in [6.07, 6.45) is 1.90. The van der Waals surface area contributed by atoms with Gasteiger partial charge in [0.1, 0.15) is 0 Å². The summed E-state index contributed by atoms with van der Waals surface area (Å²) >= 11 is 4.86. The Balaban J connectivity index is 0.000000331. The van der Waals surface area contributed by atoms with Gasteiger partial charge in [-0.3, -0.25) is 4.55 Å². The van der Waals surface area contributed by atoms with Gasteiger partial charge in [0, 0.05) is 4.90 Å². The highest BCUT2D eigenvalue weighted by Gasteiger charge is 2.44. The van der Waals surface area contributed by atoms with Crippen molar-refractivity contribution in [2.45, 2.75) is 23.2 Å². The second kappa shape index (κ2) is 9.83. The molecule has 0 unspecified atom stereocenters. The molecule has 9 heteroatoms. The SMILES string of the molecule is N#Cc1ccc(CCc2cccc3cc4ccccc4c(S)c23)cc1.O=S(=O)(O)C(F)(F)F. The van der Waals surface area contributed by atoms with Gasteiger partial charge in [0.05, 0.1) is 11.6 Å². The number of nitriles is 1. The topological polar surface area (TPSA) is 78.2 Å². The number of halogens is 3. The highest BCUT2D eigenvalue weighted by Crippen LogP contribution is 2.33. The third-order valence-corrected chi connectivity index (χ3v) is 6.05. The van der Waals surface area contributed by atoms with E-state index in [1.54, 1.807) is 0 Å². The average Bonchev–Trinajstić information content (AvgIpc) is 2.77. The number of benzene rings is 4. The lowest BCUT2D eigenvalue weighted by molar-refractivity contribution is -0.0510. The Morgan fingerprint density at radius 3 is 2.12 bits per heavy atom. The molecule has 0 aliphatic carbocycles. The van der Waals surface area contributed by atoms with Crippen LogP contribution in [0, 0.1) is 11.3 Å². The fourth-order valence-corrected chi connectivity index (χ4v) is 3.88. The first kappa shape index (κ1) is 24.6. The van der Waals surface area contributed by atoms with Crippen molar-refractivity contribution in [2.24, 2.45) is 0 Å². The average molecular weight is 490 g/mol. The number of fused-ring (bicyclic) bond motifs is 2. The minimum Gasteiger partial charge on any atom is -0.279 e. The summed E-state index contributed by atoms with van der Waals surface area (Å²) < 4.78 is 57.5. The van der Waals surface area contributed by atoms with Gasteiger partial charge in [-0.25, -0.2) is 0 Å². The van der Waals surface area contributed by atoms with Gasteiger partial charge < -0.3 is 0 Å². The van der Waals surface area contributed by atoms with Crippen LogP contribution >= 0.6 is 12.6 Å². The first-order valence-corrected chi connectivity index (χ1v) is 11.5. The zero-order valence-electron chi connectivity index (χ0n) is 17.0. The molecule has 0 aliphatic heterocycles. The van der Waals surface area contributed by atoms with Crippen molar-refractivity contribution in [2.75, 3.05) is 0 Å². The van der Waals surface area contributed by atoms with Crippen LogP contribution in [0.15, 0.2) is 77.7 Å². The zero-order chi connectivity index (χ0) is 24.2. The van der Waals surface area contributed by atoms with E-state index in [0.717, 1.165) is 17.7 Å². The number of nitrogens with zero attached hydrogens (tertiary/aromatic N) is 1. The van der Waals surface area contributed by atoms with E-state index in [2.05, 4.69) is 54.6 Å². The molecule has 4 nitrogen and oxygen atoms in total. The molecule has 0 spiro atoms. The van der Waals surface area contributed by atoms with E-state index in [1.165, 1.54) is 32.7 Å². The Labute approximate surface area is 194 Å². The summed E-state index contributed by atoms with van der Waals surface area (Å²) in [5, 5.41) is 13.8. The van der Waals surface area contributed by atoms with Gasteiger partial charge in [0.2, 0.25) is 0 Å². The van der Waals surface area contributed by atoms with E-state index >= 15 is 0 Å². The lowest BCUT2D eigenvalue weighted by Gasteiger charge is -2.12. The van der Waals surface area contributed by atoms with Gasteiger partial charge in [-0.1, -0.05) is 54.6 Å². The van der Waals surface area contributed by atoms with Crippen molar-refractivity contribution in [1.82, 2.24) is 0 Å². The molecule has 4 aromatic rings. The maximum Gasteiger partial charge on any atom is 0.522 e. The quantitative estimate of drug-likeness (QED) is 0.153. The minimum absolute atomic E-state index is 0.707. The van der Waals surface area contributed by atoms with E-state index < -0.39 is 15.6 Å². The van der Waals surface area contributed by atoms with Crippen molar-refractivity contribution < 1.29 is 26.1 Å². The second-order valence-corrected chi connectivity index (χ2v) is 9.05. The molecule has 33 heavy (non-hydrogen) atoms. The van der Waals surface area contributed by atoms with E-state index in [4.69, 9.17) is 30.9 Å². The van der Waals surface area contributed by atoms with Gasteiger partial charge >= 0.3 is 15.6 Å². The third kappa shape index (κ3) is 5.85. The van der Waals surface area contributed by atoms with Gasteiger partial charge in [-0.15, -0.1) is 12.6 Å². The van der Waals surface area contributed by atoms with Crippen LogP contribution in [0.4, 0.5) is 13.2 Å². The predicted octanol–water partition coefficient (Wildman–Crippen LogP) is 6.33. The Hall–Kier alpha value is -3.06. The molecule has 0 atom stereocenters.